The standard InChI is InChI=1S/C27H38N2O2/c1-18(2)16-26(30)29-15-14-22-17-21(11-12-23(22)27(29)19(3)4)8-7-9-24-25(31-6)13-10-20(5)28-24/h10-13,17-19,27H,7-9,14-16H2,1-6H3/t27-/m0/s1. The monoisotopic (exact) mass is 422 g/mol. The summed E-state index contributed by atoms with van der Waals surface area (Å²) in [4.78, 5) is 19.6. The van der Waals surface area contributed by atoms with Crippen molar-refractivity contribution in [2.75, 3.05) is 13.7 Å². The Morgan fingerprint density at radius 1 is 1.16 bits per heavy atom. The summed E-state index contributed by atoms with van der Waals surface area (Å²) in [6.07, 6.45) is 4.55. The van der Waals surface area contributed by atoms with E-state index < -0.39 is 0 Å². The number of rotatable bonds is 8. The molecule has 0 N–H and O–H groups in total. The number of carbonyl (C=O) groups excluding carboxylic acids is 1. The number of pyridine rings is 1. The van der Waals surface area contributed by atoms with Crippen molar-refractivity contribution in [3.8, 4) is 5.75 Å². The highest BCUT2D eigenvalue weighted by molar-refractivity contribution is 5.77. The van der Waals surface area contributed by atoms with Crippen LogP contribution in [0.3, 0.4) is 0 Å². The molecule has 0 bridgehead atoms. The number of carbonyl (C=O) groups is 1. The summed E-state index contributed by atoms with van der Waals surface area (Å²) in [6, 6.07) is 11.1. The Bertz CT molecular complexity index is 904. The number of aromatic nitrogens is 1. The molecule has 1 atom stereocenters. The number of fused-ring (bicyclic) bond motifs is 1. The van der Waals surface area contributed by atoms with Crippen molar-refractivity contribution in [2.45, 2.75) is 72.8 Å². The maximum Gasteiger partial charge on any atom is 0.223 e. The molecule has 0 fully saturated rings. The van der Waals surface area contributed by atoms with Crippen LogP contribution in [0.5, 0.6) is 5.75 Å². The van der Waals surface area contributed by atoms with E-state index >= 15 is 0 Å². The summed E-state index contributed by atoms with van der Waals surface area (Å²) >= 11 is 0. The number of methoxy groups -OCH3 is 1. The number of ether oxygens (including phenoxy) is 1. The molecule has 2 aromatic rings. The van der Waals surface area contributed by atoms with Crippen LogP contribution in [0.4, 0.5) is 0 Å². The lowest BCUT2D eigenvalue weighted by atomic mass is 9.84. The van der Waals surface area contributed by atoms with Gasteiger partial charge in [-0.2, -0.15) is 0 Å². The second kappa shape index (κ2) is 10.3. The maximum atomic E-state index is 12.9. The van der Waals surface area contributed by atoms with Gasteiger partial charge in [0.15, 0.2) is 0 Å². The fourth-order valence-corrected chi connectivity index (χ4v) is 4.76. The molecule has 4 nitrogen and oxygen atoms in total. The molecule has 1 amide bonds. The van der Waals surface area contributed by atoms with Crippen LogP contribution >= 0.6 is 0 Å². The Hall–Kier alpha value is -2.36. The highest BCUT2D eigenvalue weighted by Crippen LogP contribution is 2.36. The molecule has 168 valence electrons. The molecule has 2 heterocycles. The minimum atomic E-state index is 0.185. The molecule has 0 radical (unpaired) electrons. The molecule has 1 aliphatic rings. The highest BCUT2D eigenvalue weighted by atomic mass is 16.5. The lowest BCUT2D eigenvalue weighted by Crippen LogP contribution is -2.42. The topological polar surface area (TPSA) is 42.4 Å². The first-order valence-corrected chi connectivity index (χ1v) is 11.7. The number of benzene rings is 1. The molecule has 0 unspecified atom stereocenters. The number of hydrogen-bond donors (Lipinski definition) is 0. The third-order valence-corrected chi connectivity index (χ3v) is 6.19. The van der Waals surface area contributed by atoms with Crippen molar-refractivity contribution in [3.63, 3.8) is 0 Å². The molecule has 3 rings (SSSR count). The molecule has 0 saturated heterocycles. The molecule has 0 aliphatic carbocycles. The van der Waals surface area contributed by atoms with E-state index in [1.807, 2.05) is 19.1 Å². The Balaban J connectivity index is 1.71. The predicted octanol–water partition coefficient (Wildman–Crippen LogP) is 5.70. The van der Waals surface area contributed by atoms with Crippen LogP contribution < -0.4 is 4.74 Å². The van der Waals surface area contributed by atoms with E-state index in [2.05, 4.69) is 55.8 Å². The Labute approximate surface area is 188 Å². The van der Waals surface area contributed by atoms with Crippen molar-refractivity contribution in [2.24, 2.45) is 11.8 Å². The first-order chi connectivity index (χ1) is 14.8. The van der Waals surface area contributed by atoms with E-state index in [1.54, 1.807) is 7.11 Å². The van der Waals surface area contributed by atoms with Crippen LogP contribution in [-0.4, -0.2) is 29.4 Å². The van der Waals surface area contributed by atoms with Gasteiger partial charge in [0, 0.05) is 18.7 Å². The third-order valence-electron chi connectivity index (χ3n) is 6.19. The minimum absolute atomic E-state index is 0.185. The lowest BCUT2D eigenvalue weighted by Gasteiger charge is -2.40. The molecular formula is C27H38N2O2. The van der Waals surface area contributed by atoms with E-state index in [-0.39, 0.29) is 6.04 Å². The maximum absolute atomic E-state index is 12.9. The summed E-state index contributed by atoms with van der Waals surface area (Å²) in [5.41, 5.74) is 6.19. The zero-order valence-electron chi connectivity index (χ0n) is 20.1. The number of aryl methyl sites for hydroxylation is 3. The summed E-state index contributed by atoms with van der Waals surface area (Å²) in [6.45, 7) is 11.5. The van der Waals surface area contributed by atoms with Gasteiger partial charge in [0.2, 0.25) is 5.91 Å². The second-order valence-corrected chi connectivity index (χ2v) is 9.61. The fraction of sp³-hybridized carbons (Fsp3) is 0.556. The zero-order chi connectivity index (χ0) is 22.5. The van der Waals surface area contributed by atoms with Gasteiger partial charge in [0.25, 0.3) is 0 Å². The largest absolute Gasteiger partial charge is 0.495 e. The van der Waals surface area contributed by atoms with Gasteiger partial charge in [0.1, 0.15) is 5.75 Å². The van der Waals surface area contributed by atoms with E-state index in [9.17, 15) is 4.79 Å². The normalized spacial score (nSPS) is 16.0. The Kier molecular flexibility index (Phi) is 7.74. The van der Waals surface area contributed by atoms with Gasteiger partial charge in [-0.15, -0.1) is 0 Å². The highest BCUT2D eigenvalue weighted by Gasteiger charge is 2.32. The van der Waals surface area contributed by atoms with Gasteiger partial charge in [-0.25, -0.2) is 0 Å². The average molecular weight is 423 g/mol. The van der Waals surface area contributed by atoms with Crippen molar-refractivity contribution >= 4 is 5.91 Å². The van der Waals surface area contributed by atoms with Crippen molar-refractivity contribution in [1.29, 1.82) is 0 Å². The molecule has 1 aliphatic heterocycles. The molecular weight excluding hydrogens is 384 g/mol. The van der Waals surface area contributed by atoms with Crippen LogP contribution in [0.25, 0.3) is 0 Å². The van der Waals surface area contributed by atoms with Crippen molar-refractivity contribution < 1.29 is 9.53 Å². The number of hydrogen-bond acceptors (Lipinski definition) is 3. The summed E-state index contributed by atoms with van der Waals surface area (Å²) in [5, 5.41) is 0. The van der Waals surface area contributed by atoms with E-state index in [4.69, 9.17) is 4.74 Å². The molecule has 4 heteroatoms. The van der Waals surface area contributed by atoms with Crippen LogP contribution in [-0.2, 0) is 24.1 Å². The third kappa shape index (κ3) is 5.66. The van der Waals surface area contributed by atoms with E-state index in [1.165, 1.54) is 16.7 Å². The smallest absolute Gasteiger partial charge is 0.223 e. The fourth-order valence-electron chi connectivity index (χ4n) is 4.76. The molecule has 0 saturated carbocycles. The van der Waals surface area contributed by atoms with Crippen LogP contribution in [0.1, 0.15) is 74.7 Å². The van der Waals surface area contributed by atoms with Crippen LogP contribution in [0, 0.1) is 18.8 Å². The lowest BCUT2D eigenvalue weighted by molar-refractivity contribution is -0.136. The number of nitrogens with zero attached hydrogens (tertiary/aromatic N) is 2. The predicted molar refractivity (Wildman–Crippen MR) is 126 cm³/mol. The van der Waals surface area contributed by atoms with E-state index in [0.29, 0.717) is 24.2 Å². The van der Waals surface area contributed by atoms with Gasteiger partial charge < -0.3 is 9.64 Å². The van der Waals surface area contributed by atoms with Crippen molar-refractivity contribution in [1.82, 2.24) is 9.88 Å². The quantitative estimate of drug-likeness (QED) is 0.548. The van der Waals surface area contributed by atoms with Gasteiger partial charge in [-0.05, 0) is 73.3 Å². The molecule has 1 aromatic carbocycles. The number of amides is 1. The summed E-state index contributed by atoms with van der Waals surface area (Å²) < 4.78 is 5.47. The van der Waals surface area contributed by atoms with Gasteiger partial charge in [0.05, 0.1) is 18.8 Å². The molecule has 1 aromatic heterocycles. The minimum Gasteiger partial charge on any atom is -0.495 e. The first-order valence-electron chi connectivity index (χ1n) is 11.7. The van der Waals surface area contributed by atoms with Gasteiger partial charge >= 0.3 is 0 Å². The van der Waals surface area contributed by atoms with E-state index in [0.717, 1.165) is 49.4 Å². The Morgan fingerprint density at radius 2 is 1.94 bits per heavy atom. The summed E-state index contributed by atoms with van der Waals surface area (Å²) in [7, 11) is 1.71. The first kappa shape index (κ1) is 23.3. The zero-order valence-corrected chi connectivity index (χ0v) is 20.1. The molecule has 31 heavy (non-hydrogen) atoms. The Morgan fingerprint density at radius 3 is 2.61 bits per heavy atom. The average Bonchev–Trinajstić information content (AvgIpc) is 2.72. The molecule has 0 spiro atoms. The van der Waals surface area contributed by atoms with Crippen molar-refractivity contribution in [3.05, 3.63) is 58.4 Å². The summed E-state index contributed by atoms with van der Waals surface area (Å²) in [5.74, 6) is 1.97. The second-order valence-electron chi connectivity index (χ2n) is 9.61. The van der Waals surface area contributed by atoms with Gasteiger partial charge in [-0.3, -0.25) is 9.78 Å². The van der Waals surface area contributed by atoms with Gasteiger partial charge in [-0.1, -0.05) is 45.9 Å². The SMILES string of the molecule is COc1ccc(C)nc1CCCc1ccc2c(c1)CCN(C(=O)CC(C)C)[C@H]2C(C)C. The van der Waals surface area contributed by atoms with Crippen LogP contribution in [0.15, 0.2) is 30.3 Å². The van der Waals surface area contributed by atoms with Crippen LogP contribution in [0.2, 0.25) is 0 Å².